The number of nitrogens with zero attached hydrogens (tertiary/aromatic N) is 3. The van der Waals surface area contributed by atoms with E-state index >= 15 is 0 Å². The van der Waals surface area contributed by atoms with Crippen molar-refractivity contribution in [3.8, 4) is 0 Å². The van der Waals surface area contributed by atoms with E-state index in [0.29, 0.717) is 24.2 Å². The molecule has 1 aliphatic rings. The summed E-state index contributed by atoms with van der Waals surface area (Å²) in [6, 6.07) is 0.292. The van der Waals surface area contributed by atoms with Gasteiger partial charge >= 0.3 is 0 Å². The predicted octanol–water partition coefficient (Wildman–Crippen LogP) is 1.13. The first kappa shape index (κ1) is 14.1. The first-order valence-corrected chi connectivity index (χ1v) is 6.67. The number of ether oxygens (including phenoxy) is 1. The molecule has 0 bridgehead atoms. The molecule has 1 atom stereocenters. The van der Waals surface area contributed by atoms with E-state index in [1.165, 1.54) is 6.33 Å². The fraction of sp³-hybridized carbons (Fsp3) is 0.692. The van der Waals surface area contributed by atoms with Crippen LogP contribution in [0.1, 0.15) is 18.5 Å². The molecule has 1 unspecified atom stereocenters. The average Bonchev–Trinajstić information content (AvgIpc) is 2.86. The lowest BCUT2D eigenvalue weighted by Gasteiger charge is -2.26. The average molecular weight is 268 g/mol. The van der Waals surface area contributed by atoms with Gasteiger partial charge in [-0.1, -0.05) is 0 Å². The van der Waals surface area contributed by atoms with Crippen molar-refractivity contribution < 1.29 is 9.13 Å². The van der Waals surface area contributed by atoms with Gasteiger partial charge in [0, 0.05) is 32.8 Å². The summed E-state index contributed by atoms with van der Waals surface area (Å²) in [4.78, 5) is 10.0. The Bertz CT molecular complexity index is 416. The van der Waals surface area contributed by atoms with E-state index in [2.05, 4.69) is 15.3 Å². The molecule has 19 heavy (non-hydrogen) atoms. The van der Waals surface area contributed by atoms with Crippen molar-refractivity contribution in [3.05, 3.63) is 17.8 Å². The van der Waals surface area contributed by atoms with Gasteiger partial charge in [0.05, 0.1) is 12.3 Å². The fourth-order valence-electron chi connectivity index (χ4n) is 2.42. The Labute approximate surface area is 113 Å². The van der Waals surface area contributed by atoms with E-state index in [9.17, 15) is 4.39 Å². The highest BCUT2D eigenvalue weighted by Crippen LogP contribution is 2.26. The molecule has 1 aromatic heterocycles. The van der Waals surface area contributed by atoms with E-state index in [1.807, 2.05) is 4.90 Å². The maximum absolute atomic E-state index is 14.1. The maximum Gasteiger partial charge on any atom is 0.186 e. The molecule has 5 nitrogen and oxygen atoms in total. The molecule has 0 saturated carbocycles. The number of hydrogen-bond donors (Lipinski definition) is 1. The summed E-state index contributed by atoms with van der Waals surface area (Å²) >= 11 is 0. The topological polar surface area (TPSA) is 50.3 Å². The summed E-state index contributed by atoms with van der Waals surface area (Å²) < 4.78 is 19.1. The highest BCUT2D eigenvalue weighted by atomic mass is 19.1. The van der Waals surface area contributed by atoms with Crippen LogP contribution in [0.5, 0.6) is 0 Å². The first-order chi connectivity index (χ1) is 9.24. The Hall–Kier alpha value is -1.27. The SMILES string of the molecule is COCCNCC1CCCN1c1ncnc(C)c1F. The number of aryl methyl sites for hydroxylation is 1. The zero-order valence-electron chi connectivity index (χ0n) is 11.5. The van der Waals surface area contributed by atoms with Crippen LogP contribution in [0.4, 0.5) is 10.2 Å². The molecular weight excluding hydrogens is 247 g/mol. The minimum absolute atomic E-state index is 0.292. The molecule has 1 saturated heterocycles. The maximum atomic E-state index is 14.1. The summed E-state index contributed by atoms with van der Waals surface area (Å²) in [5.74, 6) is 0.134. The summed E-state index contributed by atoms with van der Waals surface area (Å²) in [7, 11) is 1.68. The fourth-order valence-corrected chi connectivity index (χ4v) is 2.42. The predicted molar refractivity (Wildman–Crippen MR) is 71.8 cm³/mol. The molecule has 106 valence electrons. The third-order valence-corrected chi connectivity index (χ3v) is 3.46. The van der Waals surface area contributed by atoms with Crippen LogP contribution in [0, 0.1) is 12.7 Å². The molecule has 0 aliphatic carbocycles. The van der Waals surface area contributed by atoms with Gasteiger partial charge in [0.15, 0.2) is 11.6 Å². The van der Waals surface area contributed by atoms with E-state index in [4.69, 9.17) is 4.74 Å². The Balaban J connectivity index is 2.00. The van der Waals surface area contributed by atoms with Crippen LogP contribution in [-0.4, -0.2) is 49.4 Å². The quantitative estimate of drug-likeness (QED) is 0.784. The number of anilines is 1. The van der Waals surface area contributed by atoms with Crippen LogP contribution in [0.15, 0.2) is 6.33 Å². The lowest BCUT2D eigenvalue weighted by molar-refractivity contribution is 0.199. The normalized spacial score (nSPS) is 19.1. The molecule has 1 fully saturated rings. The standard InChI is InChI=1S/C13H21FN4O/c1-10-12(14)13(17-9-16-10)18-6-3-4-11(18)8-15-5-7-19-2/h9,11,15H,3-8H2,1-2H3. The number of rotatable bonds is 6. The second-order valence-corrected chi connectivity index (χ2v) is 4.78. The highest BCUT2D eigenvalue weighted by molar-refractivity contribution is 5.43. The van der Waals surface area contributed by atoms with Crippen molar-refractivity contribution in [1.29, 1.82) is 0 Å². The van der Waals surface area contributed by atoms with Crippen molar-refractivity contribution >= 4 is 5.82 Å². The minimum Gasteiger partial charge on any atom is -0.383 e. The smallest absolute Gasteiger partial charge is 0.186 e. The Morgan fingerprint density at radius 1 is 1.53 bits per heavy atom. The molecular formula is C13H21FN4O. The molecule has 2 heterocycles. The van der Waals surface area contributed by atoms with Gasteiger partial charge in [0.2, 0.25) is 0 Å². The van der Waals surface area contributed by atoms with Gasteiger partial charge in [-0.25, -0.2) is 14.4 Å². The van der Waals surface area contributed by atoms with E-state index in [1.54, 1.807) is 14.0 Å². The summed E-state index contributed by atoms with van der Waals surface area (Å²) in [6.45, 7) is 4.85. The molecule has 1 aromatic rings. The lowest BCUT2D eigenvalue weighted by Crippen LogP contribution is -2.39. The van der Waals surface area contributed by atoms with Crippen molar-refractivity contribution in [3.63, 3.8) is 0 Å². The zero-order chi connectivity index (χ0) is 13.7. The van der Waals surface area contributed by atoms with Crippen LogP contribution >= 0.6 is 0 Å². The van der Waals surface area contributed by atoms with E-state index in [-0.39, 0.29) is 5.82 Å². The molecule has 0 spiro atoms. The second kappa shape index (κ2) is 6.77. The minimum atomic E-state index is -0.300. The van der Waals surface area contributed by atoms with Gasteiger partial charge in [0.1, 0.15) is 6.33 Å². The summed E-state index contributed by atoms with van der Waals surface area (Å²) in [5.41, 5.74) is 0.406. The van der Waals surface area contributed by atoms with Crippen molar-refractivity contribution in [1.82, 2.24) is 15.3 Å². The monoisotopic (exact) mass is 268 g/mol. The summed E-state index contributed by atoms with van der Waals surface area (Å²) in [5, 5.41) is 3.33. The Kier molecular flexibility index (Phi) is 5.04. The van der Waals surface area contributed by atoms with Gasteiger partial charge in [-0.15, -0.1) is 0 Å². The number of methoxy groups -OCH3 is 1. The van der Waals surface area contributed by atoms with Gasteiger partial charge in [-0.05, 0) is 19.8 Å². The third-order valence-electron chi connectivity index (χ3n) is 3.46. The van der Waals surface area contributed by atoms with Crippen molar-refractivity contribution in [2.75, 3.05) is 38.3 Å². The van der Waals surface area contributed by atoms with Crippen molar-refractivity contribution in [2.45, 2.75) is 25.8 Å². The van der Waals surface area contributed by atoms with Crippen LogP contribution in [-0.2, 0) is 4.74 Å². The van der Waals surface area contributed by atoms with Crippen LogP contribution in [0.25, 0.3) is 0 Å². The van der Waals surface area contributed by atoms with Gasteiger partial charge in [-0.2, -0.15) is 0 Å². The molecule has 0 amide bonds. The molecule has 0 radical (unpaired) electrons. The first-order valence-electron chi connectivity index (χ1n) is 6.67. The largest absolute Gasteiger partial charge is 0.383 e. The van der Waals surface area contributed by atoms with Gasteiger partial charge < -0.3 is 15.0 Å². The van der Waals surface area contributed by atoms with E-state index in [0.717, 1.165) is 32.5 Å². The summed E-state index contributed by atoms with van der Waals surface area (Å²) in [6.07, 6.45) is 3.56. The molecule has 1 N–H and O–H groups in total. The Morgan fingerprint density at radius 3 is 3.16 bits per heavy atom. The Morgan fingerprint density at radius 2 is 2.37 bits per heavy atom. The van der Waals surface area contributed by atoms with Crippen molar-refractivity contribution in [2.24, 2.45) is 0 Å². The molecule has 2 rings (SSSR count). The number of aromatic nitrogens is 2. The third kappa shape index (κ3) is 3.39. The molecule has 0 aromatic carbocycles. The van der Waals surface area contributed by atoms with E-state index < -0.39 is 0 Å². The molecule has 6 heteroatoms. The van der Waals surface area contributed by atoms with Gasteiger partial charge in [-0.3, -0.25) is 0 Å². The lowest BCUT2D eigenvalue weighted by atomic mass is 10.2. The number of hydrogen-bond acceptors (Lipinski definition) is 5. The number of halogens is 1. The van der Waals surface area contributed by atoms with Crippen LogP contribution in [0.2, 0.25) is 0 Å². The van der Waals surface area contributed by atoms with Crippen LogP contribution < -0.4 is 10.2 Å². The highest BCUT2D eigenvalue weighted by Gasteiger charge is 2.28. The second-order valence-electron chi connectivity index (χ2n) is 4.78. The molecule has 1 aliphatic heterocycles. The van der Waals surface area contributed by atoms with Gasteiger partial charge in [0.25, 0.3) is 0 Å². The number of nitrogens with one attached hydrogen (secondary N) is 1. The van der Waals surface area contributed by atoms with Crippen LogP contribution in [0.3, 0.4) is 0 Å². The zero-order valence-corrected chi connectivity index (χ0v) is 11.5.